The molecule has 3 heterocycles. The first-order valence-electron chi connectivity index (χ1n) is 18.4. The molecule has 0 unspecified atom stereocenters. The molecular weight excluding hydrogens is 673 g/mol. The number of hydrogen-bond acceptors (Lipinski definition) is 2. The second-order valence-electron chi connectivity index (χ2n) is 14.3. The minimum atomic E-state index is 0.998. The van der Waals surface area contributed by atoms with Crippen LogP contribution in [-0.2, 0) is 0 Å². The number of fused-ring (bicyclic) bond motifs is 9. The average molecular weight is 703 g/mol. The van der Waals surface area contributed by atoms with Gasteiger partial charge in [-0.1, -0.05) is 109 Å². The van der Waals surface area contributed by atoms with E-state index in [1.165, 1.54) is 97.3 Å². The zero-order chi connectivity index (χ0) is 35.3. The molecule has 0 atom stereocenters. The Labute approximate surface area is 315 Å². The van der Waals surface area contributed by atoms with E-state index >= 15 is 0 Å². The maximum atomic E-state index is 4.62. The van der Waals surface area contributed by atoms with Crippen LogP contribution in [0.15, 0.2) is 182 Å². The van der Waals surface area contributed by atoms with Crippen molar-refractivity contribution in [2.24, 2.45) is 0 Å². The van der Waals surface area contributed by atoms with Crippen LogP contribution >= 0.6 is 11.3 Å². The first kappa shape index (κ1) is 29.7. The fraction of sp³-hybridized carbons (Fsp3) is 0. The Bertz CT molecular complexity index is 3310. The molecule has 8 aromatic carbocycles. The second-order valence-corrected chi connectivity index (χ2v) is 15.4. The third-order valence-corrected chi connectivity index (χ3v) is 12.6. The highest BCUT2D eigenvalue weighted by Crippen LogP contribution is 2.50. The van der Waals surface area contributed by atoms with Gasteiger partial charge in [0.05, 0.1) is 16.7 Å². The van der Waals surface area contributed by atoms with E-state index < -0.39 is 0 Å². The van der Waals surface area contributed by atoms with Gasteiger partial charge in [-0.2, -0.15) is 0 Å². The first-order valence-corrected chi connectivity index (χ1v) is 19.3. The Balaban J connectivity index is 0.946. The molecule has 3 aromatic heterocycles. The van der Waals surface area contributed by atoms with Gasteiger partial charge in [-0.25, -0.2) is 0 Å². The van der Waals surface area contributed by atoms with Gasteiger partial charge in [-0.05, 0) is 122 Å². The highest BCUT2D eigenvalue weighted by atomic mass is 32.1. The number of hydrogen-bond donors (Lipinski definition) is 0. The Morgan fingerprint density at radius 3 is 1.93 bits per heavy atom. The lowest BCUT2D eigenvalue weighted by molar-refractivity contribution is 1.18. The van der Waals surface area contributed by atoms with Crippen molar-refractivity contribution in [3.05, 3.63) is 182 Å². The van der Waals surface area contributed by atoms with Crippen LogP contribution in [0.25, 0.3) is 114 Å². The van der Waals surface area contributed by atoms with E-state index in [0.717, 1.165) is 16.9 Å². The molecule has 0 spiro atoms. The molecule has 0 fully saturated rings. The van der Waals surface area contributed by atoms with Gasteiger partial charge in [0.25, 0.3) is 0 Å². The monoisotopic (exact) mass is 702 g/mol. The molecule has 11 aromatic rings. The Kier molecular flexibility index (Phi) is 6.25. The topological polar surface area (TPSA) is 17.8 Å². The predicted molar refractivity (Wildman–Crippen MR) is 230 cm³/mol. The fourth-order valence-electron chi connectivity index (χ4n) is 8.93. The summed E-state index contributed by atoms with van der Waals surface area (Å²) in [4.78, 5) is 4.62. The molecule has 3 heteroatoms. The molecule has 0 N–H and O–H groups in total. The summed E-state index contributed by atoms with van der Waals surface area (Å²) in [5.74, 6) is 0. The quantitative estimate of drug-likeness (QED) is 0.179. The summed E-state index contributed by atoms with van der Waals surface area (Å²) < 4.78 is 5.08. The highest BCUT2D eigenvalue weighted by Gasteiger charge is 2.23. The van der Waals surface area contributed by atoms with E-state index in [0.29, 0.717) is 0 Å². The summed E-state index contributed by atoms with van der Waals surface area (Å²) >= 11 is 1.87. The molecule has 0 bridgehead atoms. The lowest BCUT2D eigenvalue weighted by atomic mass is 9.94. The highest BCUT2D eigenvalue weighted by molar-refractivity contribution is 7.25. The van der Waals surface area contributed by atoms with E-state index in [2.05, 4.69) is 179 Å². The maximum absolute atomic E-state index is 4.62. The van der Waals surface area contributed by atoms with Crippen LogP contribution in [0.1, 0.15) is 0 Å². The van der Waals surface area contributed by atoms with Gasteiger partial charge < -0.3 is 4.57 Å². The van der Waals surface area contributed by atoms with Crippen molar-refractivity contribution >= 4 is 64.1 Å². The normalized spacial score (nSPS) is 12.1. The molecule has 1 aliphatic carbocycles. The number of pyridine rings is 1. The van der Waals surface area contributed by atoms with Crippen LogP contribution in [0.5, 0.6) is 0 Å². The number of thiophene rings is 1. The van der Waals surface area contributed by atoms with Crippen molar-refractivity contribution < 1.29 is 0 Å². The summed E-state index contributed by atoms with van der Waals surface area (Å²) in [5.41, 5.74) is 15.8. The van der Waals surface area contributed by atoms with Crippen LogP contribution in [0.4, 0.5) is 0 Å². The van der Waals surface area contributed by atoms with Gasteiger partial charge in [0.15, 0.2) is 0 Å². The maximum Gasteiger partial charge on any atom is 0.0702 e. The van der Waals surface area contributed by atoms with Gasteiger partial charge in [-0.15, -0.1) is 11.3 Å². The van der Waals surface area contributed by atoms with Crippen LogP contribution in [0.2, 0.25) is 0 Å². The first-order chi connectivity index (χ1) is 26.8. The SMILES string of the molecule is c1ccc(-c2ccc3c(c2)-c2cccc4c(-c5ccc(-n6c7ccccc7c7cc(-c8ccc9sc%10ccccc%10c9c8)ccc76)cc5)ccc-3c24)nc1. The van der Waals surface area contributed by atoms with Gasteiger partial charge in [-0.3, -0.25) is 4.98 Å². The number of nitrogens with zero attached hydrogens (tertiary/aromatic N) is 2. The van der Waals surface area contributed by atoms with E-state index in [-0.39, 0.29) is 0 Å². The van der Waals surface area contributed by atoms with Gasteiger partial charge >= 0.3 is 0 Å². The zero-order valence-corrected chi connectivity index (χ0v) is 29.9. The van der Waals surface area contributed by atoms with Crippen LogP contribution in [0, 0.1) is 0 Å². The number of benzene rings is 8. The third-order valence-electron chi connectivity index (χ3n) is 11.4. The van der Waals surface area contributed by atoms with Crippen LogP contribution in [0.3, 0.4) is 0 Å². The molecule has 1 aliphatic rings. The standard InChI is InChI=1S/C51H30N2S/c1-3-13-47-38(8-1)44-28-32(33-19-26-50-45(29-33)39-9-2-4-14-49(39)54-50)18-25-48(44)53(47)35-20-15-31(16-21-35)36-23-24-42-37-22-17-34(46-12-5-6-27-52-46)30-43(37)41-11-7-10-40(36)51(41)42/h1-30H. The molecule has 0 amide bonds. The predicted octanol–water partition coefficient (Wildman–Crippen LogP) is 14.3. The summed E-state index contributed by atoms with van der Waals surface area (Å²) in [5, 5.41) is 7.80. The van der Waals surface area contributed by atoms with Crippen molar-refractivity contribution in [2.45, 2.75) is 0 Å². The molecule has 12 rings (SSSR count). The minimum absolute atomic E-state index is 0.998. The molecule has 0 radical (unpaired) electrons. The van der Waals surface area contributed by atoms with Crippen molar-refractivity contribution in [3.63, 3.8) is 0 Å². The number of para-hydroxylation sites is 1. The van der Waals surface area contributed by atoms with E-state index in [4.69, 9.17) is 0 Å². The van der Waals surface area contributed by atoms with Crippen LogP contribution < -0.4 is 0 Å². The van der Waals surface area contributed by atoms with Gasteiger partial charge in [0, 0.05) is 48.4 Å². The lowest BCUT2D eigenvalue weighted by Crippen LogP contribution is -1.94. The lowest BCUT2D eigenvalue weighted by Gasteiger charge is -2.12. The van der Waals surface area contributed by atoms with E-state index in [9.17, 15) is 0 Å². The molecule has 2 nitrogen and oxygen atoms in total. The van der Waals surface area contributed by atoms with Gasteiger partial charge in [0.1, 0.15) is 0 Å². The van der Waals surface area contributed by atoms with E-state index in [1.807, 2.05) is 23.6 Å². The van der Waals surface area contributed by atoms with Crippen LogP contribution in [-0.4, -0.2) is 9.55 Å². The zero-order valence-electron chi connectivity index (χ0n) is 29.1. The fourth-order valence-corrected chi connectivity index (χ4v) is 10.0. The summed E-state index contributed by atoms with van der Waals surface area (Å²) in [6, 6.07) is 64.8. The minimum Gasteiger partial charge on any atom is -0.309 e. The van der Waals surface area contributed by atoms with Crippen molar-refractivity contribution in [1.29, 1.82) is 0 Å². The Hall–Kier alpha value is -6.81. The van der Waals surface area contributed by atoms with Crippen molar-refractivity contribution in [1.82, 2.24) is 9.55 Å². The second kappa shape index (κ2) is 11.3. The van der Waals surface area contributed by atoms with Crippen molar-refractivity contribution in [3.8, 4) is 61.5 Å². The molecule has 0 aliphatic heterocycles. The summed E-state index contributed by atoms with van der Waals surface area (Å²) in [6.45, 7) is 0. The Morgan fingerprint density at radius 2 is 1.04 bits per heavy atom. The average Bonchev–Trinajstić information content (AvgIpc) is 3.89. The van der Waals surface area contributed by atoms with E-state index in [1.54, 1.807) is 0 Å². The van der Waals surface area contributed by atoms with Crippen molar-refractivity contribution in [2.75, 3.05) is 0 Å². The summed E-state index contributed by atoms with van der Waals surface area (Å²) in [7, 11) is 0. The number of rotatable bonds is 4. The largest absolute Gasteiger partial charge is 0.309 e. The number of aromatic nitrogens is 2. The third kappa shape index (κ3) is 4.30. The Morgan fingerprint density at radius 1 is 0.370 bits per heavy atom. The molecule has 250 valence electrons. The molecule has 0 saturated heterocycles. The smallest absolute Gasteiger partial charge is 0.0702 e. The molecular formula is C51H30N2S. The van der Waals surface area contributed by atoms with Gasteiger partial charge in [0.2, 0.25) is 0 Å². The molecule has 0 saturated carbocycles. The summed E-state index contributed by atoms with van der Waals surface area (Å²) in [6.07, 6.45) is 1.86. The molecule has 54 heavy (non-hydrogen) atoms.